The molecule has 2 aliphatic heterocycles. The van der Waals surface area contributed by atoms with Gasteiger partial charge in [-0.1, -0.05) is 16.8 Å². The van der Waals surface area contributed by atoms with E-state index in [1.54, 1.807) is 18.9 Å². The molecule has 0 unspecified atom stereocenters. The van der Waals surface area contributed by atoms with E-state index in [4.69, 9.17) is 16.3 Å². The minimum absolute atomic E-state index is 0.439. The Balaban J connectivity index is 1.18. The minimum Gasteiger partial charge on any atom is -0.437 e. The largest absolute Gasteiger partial charge is 0.437 e. The van der Waals surface area contributed by atoms with Crippen molar-refractivity contribution in [3.05, 3.63) is 69.3 Å². The first-order valence-electron chi connectivity index (χ1n) is 12.0. The van der Waals surface area contributed by atoms with Crippen molar-refractivity contribution in [2.45, 2.75) is 44.7 Å². The summed E-state index contributed by atoms with van der Waals surface area (Å²) in [6.07, 6.45) is 14.7. The molecule has 1 saturated carbocycles. The summed E-state index contributed by atoms with van der Waals surface area (Å²) in [6, 6.07) is 2.39. The number of aromatic nitrogens is 4. The number of likely N-dealkylation sites (tertiary alicyclic amines) is 1. The van der Waals surface area contributed by atoms with E-state index in [1.165, 1.54) is 12.8 Å². The van der Waals surface area contributed by atoms with Crippen LogP contribution in [0.15, 0.2) is 69.0 Å². The van der Waals surface area contributed by atoms with Crippen LogP contribution in [0.4, 0.5) is 0 Å². The maximum atomic E-state index is 6.37. The van der Waals surface area contributed by atoms with Crippen LogP contribution in [0.3, 0.4) is 0 Å². The highest BCUT2D eigenvalue weighted by Gasteiger charge is 2.30. The maximum Gasteiger partial charge on any atom is 0.223 e. The van der Waals surface area contributed by atoms with Gasteiger partial charge in [-0.05, 0) is 65.7 Å². The molecule has 4 heterocycles. The van der Waals surface area contributed by atoms with Crippen LogP contribution in [0.5, 0.6) is 5.88 Å². The third-order valence-electron chi connectivity index (χ3n) is 6.89. The number of hydrogen-bond donors (Lipinski definition) is 0. The first-order valence-corrected chi connectivity index (χ1v) is 13.2. The molecular formula is C24H26BrClN8O. The SMILES string of the molecule is Clc1cnc(OC2=CC=C3CC(=C2Br)N=NN3CC2CC2)c(CN2CCC(n3cnnc3)CC2)c1. The van der Waals surface area contributed by atoms with E-state index in [0.29, 0.717) is 22.7 Å². The summed E-state index contributed by atoms with van der Waals surface area (Å²) in [6.45, 7) is 3.58. The normalized spacial score (nSPS) is 21.1. The number of pyridine rings is 1. The second-order valence-electron chi connectivity index (χ2n) is 9.48. The maximum absolute atomic E-state index is 6.37. The van der Waals surface area contributed by atoms with E-state index >= 15 is 0 Å². The van der Waals surface area contributed by atoms with E-state index in [1.807, 2.05) is 17.2 Å². The van der Waals surface area contributed by atoms with Crippen molar-refractivity contribution in [1.29, 1.82) is 0 Å². The number of fused-ring (bicyclic) bond motifs is 2. The predicted octanol–water partition coefficient (Wildman–Crippen LogP) is 5.41. The molecule has 2 aromatic rings. The number of allylic oxidation sites excluding steroid dienone is 3. The van der Waals surface area contributed by atoms with Crippen molar-refractivity contribution < 1.29 is 4.74 Å². The zero-order valence-corrected chi connectivity index (χ0v) is 21.6. The molecule has 9 nitrogen and oxygen atoms in total. The van der Waals surface area contributed by atoms with Crippen LogP contribution < -0.4 is 4.74 Å². The highest BCUT2D eigenvalue weighted by atomic mass is 79.9. The highest BCUT2D eigenvalue weighted by Crippen LogP contribution is 2.38. The molecule has 0 amide bonds. The third-order valence-corrected chi connectivity index (χ3v) is 7.94. The standard InChI is InChI=1S/C24H26BrClN8O/c25-23-21-10-20(34(31-30-21)12-16-1-2-16)3-4-22(23)35-24-17(9-18(26)11-27-24)13-32-7-5-19(6-8-32)33-14-28-29-15-33/h3-4,9,11,14-16,19H,1-2,5-8,10,12-13H2. The van der Waals surface area contributed by atoms with Crippen LogP contribution in [0.1, 0.15) is 43.7 Å². The average molecular weight is 558 g/mol. The summed E-state index contributed by atoms with van der Waals surface area (Å²) in [5, 5.41) is 19.4. The first-order chi connectivity index (χ1) is 17.1. The lowest BCUT2D eigenvalue weighted by Crippen LogP contribution is -2.34. The summed E-state index contributed by atoms with van der Waals surface area (Å²) in [5.41, 5.74) is 2.96. The molecule has 2 aliphatic carbocycles. The van der Waals surface area contributed by atoms with Gasteiger partial charge >= 0.3 is 0 Å². The average Bonchev–Trinajstić information content (AvgIpc) is 3.54. The molecule has 2 bridgehead atoms. The van der Waals surface area contributed by atoms with Crippen LogP contribution in [0.2, 0.25) is 5.02 Å². The van der Waals surface area contributed by atoms with Gasteiger partial charge in [0.2, 0.25) is 5.88 Å². The second kappa shape index (κ2) is 9.83. The van der Waals surface area contributed by atoms with Crippen molar-refractivity contribution >= 4 is 27.5 Å². The molecule has 2 aromatic heterocycles. The van der Waals surface area contributed by atoms with Gasteiger partial charge in [0.15, 0.2) is 0 Å². The van der Waals surface area contributed by atoms with Crippen molar-refractivity contribution in [3.8, 4) is 5.88 Å². The molecule has 11 heteroatoms. The molecular weight excluding hydrogens is 532 g/mol. The molecule has 6 rings (SSSR count). The summed E-state index contributed by atoms with van der Waals surface area (Å²) >= 11 is 10.0. The topological polar surface area (TPSA) is 84.0 Å². The molecule has 0 atom stereocenters. The van der Waals surface area contributed by atoms with E-state index < -0.39 is 0 Å². The van der Waals surface area contributed by atoms with Crippen molar-refractivity contribution in [1.82, 2.24) is 29.7 Å². The van der Waals surface area contributed by atoms with Crippen LogP contribution >= 0.6 is 27.5 Å². The van der Waals surface area contributed by atoms with Gasteiger partial charge in [0.1, 0.15) is 18.4 Å². The summed E-state index contributed by atoms with van der Waals surface area (Å²) in [4.78, 5) is 6.95. The van der Waals surface area contributed by atoms with Gasteiger partial charge in [0.05, 0.1) is 15.2 Å². The Morgan fingerprint density at radius 2 is 1.89 bits per heavy atom. The lowest BCUT2D eigenvalue weighted by atomic mass is 10.0. The molecule has 1 saturated heterocycles. The van der Waals surface area contributed by atoms with Gasteiger partial charge in [-0.2, -0.15) is 0 Å². The summed E-state index contributed by atoms with van der Waals surface area (Å²) < 4.78 is 9.27. The van der Waals surface area contributed by atoms with Gasteiger partial charge < -0.3 is 9.30 Å². The Kier molecular flexibility index (Phi) is 6.42. The smallest absolute Gasteiger partial charge is 0.223 e. The lowest BCUT2D eigenvalue weighted by molar-refractivity contribution is 0.177. The van der Waals surface area contributed by atoms with Gasteiger partial charge in [-0.3, -0.25) is 9.91 Å². The third kappa shape index (κ3) is 5.19. The number of nitrogens with zero attached hydrogens (tertiary/aromatic N) is 8. The number of rotatable bonds is 7. The van der Waals surface area contributed by atoms with Gasteiger partial charge in [0, 0.05) is 56.1 Å². The Bertz CT molecular complexity index is 1210. The van der Waals surface area contributed by atoms with Crippen LogP contribution in [0.25, 0.3) is 0 Å². The second-order valence-corrected chi connectivity index (χ2v) is 10.7. The highest BCUT2D eigenvalue weighted by molar-refractivity contribution is 9.12. The van der Waals surface area contributed by atoms with E-state index in [2.05, 4.69) is 57.0 Å². The van der Waals surface area contributed by atoms with Crippen molar-refractivity contribution in [3.63, 3.8) is 0 Å². The van der Waals surface area contributed by atoms with Crippen molar-refractivity contribution in [2.24, 2.45) is 16.3 Å². The number of halogens is 2. The Labute approximate surface area is 217 Å². The number of ether oxygens (including phenoxy) is 1. The quantitative estimate of drug-likeness (QED) is 0.452. The zero-order chi connectivity index (χ0) is 23.8. The molecule has 0 radical (unpaired) electrons. The van der Waals surface area contributed by atoms with E-state index in [-0.39, 0.29) is 0 Å². The van der Waals surface area contributed by atoms with Gasteiger partial charge in [-0.15, -0.1) is 15.3 Å². The first kappa shape index (κ1) is 22.9. The fourth-order valence-electron chi connectivity index (χ4n) is 4.69. The molecule has 182 valence electrons. The van der Waals surface area contributed by atoms with Crippen LogP contribution in [-0.4, -0.2) is 49.3 Å². The van der Waals surface area contributed by atoms with Gasteiger partial charge in [0.25, 0.3) is 0 Å². The molecule has 2 fully saturated rings. The predicted molar refractivity (Wildman–Crippen MR) is 134 cm³/mol. The Morgan fingerprint density at radius 3 is 2.66 bits per heavy atom. The summed E-state index contributed by atoms with van der Waals surface area (Å²) in [7, 11) is 0. The lowest BCUT2D eigenvalue weighted by Gasteiger charge is -2.32. The molecule has 35 heavy (non-hydrogen) atoms. The monoisotopic (exact) mass is 556 g/mol. The minimum atomic E-state index is 0.439. The zero-order valence-electron chi connectivity index (χ0n) is 19.2. The number of piperidine rings is 1. The van der Waals surface area contributed by atoms with Gasteiger partial charge in [-0.25, -0.2) is 4.98 Å². The fourth-order valence-corrected chi connectivity index (χ4v) is 5.30. The van der Waals surface area contributed by atoms with Crippen LogP contribution in [-0.2, 0) is 6.54 Å². The Hall–Kier alpha value is -2.56. The van der Waals surface area contributed by atoms with Crippen molar-refractivity contribution in [2.75, 3.05) is 19.6 Å². The molecule has 0 spiro atoms. The van der Waals surface area contributed by atoms with E-state index in [9.17, 15) is 0 Å². The summed E-state index contributed by atoms with van der Waals surface area (Å²) in [5.74, 6) is 1.96. The molecule has 0 aromatic carbocycles. The fraction of sp³-hybridized carbons (Fsp3) is 0.458. The Morgan fingerprint density at radius 1 is 1.09 bits per heavy atom. The van der Waals surface area contributed by atoms with Crippen LogP contribution in [0, 0.1) is 5.92 Å². The molecule has 0 N–H and O–H groups in total. The number of hydrogen-bond acceptors (Lipinski definition) is 8. The molecule has 4 aliphatic rings. The van der Waals surface area contributed by atoms with E-state index in [0.717, 1.165) is 72.8 Å².